The Morgan fingerprint density at radius 1 is 0.473 bits per heavy atom. The van der Waals surface area contributed by atoms with Crippen LogP contribution in [0.2, 0.25) is 0 Å². The third-order valence-electron chi connectivity index (χ3n) is 9.59. The molecule has 0 aliphatic carbocycles. The molecule has 2 atom stereocenters. The summed E-state index contributed by atoms with van der Waals surface area (Å²) >= 11 is 0. The number of aliphatic hydroxyl groups excluding tert-OH is 1. The highest BCUT2D eigenvalue weighted by atomic mass is 19.4. The van der Waals surface area contributed by atoms with Gasteiger partial charge in [-0.05, 0) is 70.9 Å². The molecule has 6 nitrogen and oxygen atoms in total. The number of carbonyl (C=O) groups is 2. The molecule has 0 aromatic heterocycles. The predicted octanol–water partition coefficient (Wildman–Crippen LogP) is 12.3. The van der Waals surface area contributed by atoms with Gasteiger partial charge in [0.25, 0.3) is 0 Å². The summed E-state index contributed by atoms with van der Waals surface area (Å²) in [6.45, 7) is 5.50. The van der Waals surface area contributed by atoms with Crippen LogP contribution in [-0.4, -0.2) is 84.6 Å². The summed E-state index contributed by atoms with van der Waals surface area (Å²) < 4.78 is 145. The topological polar surface area (TPSA) is 76.1 Å². The summed E-state index contributed by atoms with van der Waals surface area (Å²) in [7, 11) is 0. The van der Waals surface area contributed by atoms with Gasteiger partial charge in [0.05, 0.1) is 0 Å². The molecule has 0 rings (SSSR count). The van der Waals surface area contributed by atoms with Gasteiger partial charge >= 0.3 is 36.1 Å². The average Bonchev–Trinajstić information content (AvgIpc) is 3.10. The Kier molecular flexibility index (Phi) is 28.4. The number of halogens is 10. The Morgan fingerprint density at radius 2 is 0.782 bits per heavy atom. The molecule has 0 radical (unpaired) electrons. The van der Waals surface area contributed by atoms with E-state index in [1.165, 1.54) is 0 Å². The van der Waals surface area contributed by atoms with Crippen LogP contribution in [0.3, 0.4) is 0 Å². The maximum absolute atomic E-state index is 14.2. The molecule has 328 valence electrons. The van der Waals surface area contributed by atoms with Crippen molar-refractivity contribution in [2.24, 2.45) is 0 Å². The maximum Gasteiger partial charge on any atom is 0.457 e. The lowest BCUT2D eigenvalue weighted by atomic mass is 10.0. The van der Waals surface area contributed by atoms with Crippen molar-refractivity contribution < 1.29 is 68.1 Å². The first kappa shape index (κ1) is 53.2. The van der Waals surface area contributed by atoms with Crippen LogP contribution in [0.1, 0.15) is 174 Å². The number of hydrogen-bond donors (Lipinski definition) is 1. The standard InChI is InChI=1S/C39H67F10NO5/c1-3-5-7-9-11-13-17-24-32(36(40,41)38(44,45)46)54-34(52)26-19-15-21-28-50(30-23-31-51)29-22-16-20-27-35(53)55-33(37(42,43)39(47,48)49)25-18-14-12-10-8-6-4-2/h32-33,51H,3-31H2,1-2H3. The van der Waals surface area contributed by atoms with E-state index in [2.05, 4.69) is 9.47 Å². The van der Waals surface area contributed by atoms with Crippen molar-refractivity contribution in [3.05, 3.63) is 0 Å². The Hall–Kier alpha value is -1.84. The van der Waals surface area contributed by atoms with Gasteiger partial charge in [0.1, 0.15) is 0 Å². The van der Waals surface area contributed by atoms with Crippen LogP contribution in [0, 0.1) is 0 Å². The number of esters is 2. The molecule has 0 aromatic carbocycles. The number of nitrogens with zero attached hydrogens (tertiary/aromatic N) is 1. The van der Waals surface area contributed by atoms with Crippen LogP contribution in [-0.2, 0) is 19.1 Å². The van der Waals surface area contributed by atoms with Crippen LogP contribution in [0.15, 0.2) is 0 Å². The first-order valence-corrected chi connectivity index (χ1v) is 20.5. The molecule has 0 bridgehead atoms. The number of aliphatic hydroxyl groups is 1. The van der Waals surface area contributed by atoms with Gasteiger partial charge in [-0.2, -0.15) is 43.9 Å². The molecular weight excluding hydrogens is 752 g/mol. The molecule has 0 aromatic rings. The highest BCUT2D eigenvalue weighted by Gasteiger charge is 2.64. The number of rotatable bonds is 35. The van der Waals surface area contributed by atoms with Gasteiger partial charge in [-0.3, -0.25) is 9.59 Å². The van der Waals surface area contributed by atoms with E-state index in [0.717, 1.165) is 51.4 Å². The fourth-order valence-corrected chi connectivity index (χ4v) is 6.20. The van der Waals surface area contributed by atoms with Crippen molar-refractivity contribution in [3.63, 3.8) is 0 Å². The largest absolute Gasteiger partial charge is 0.457 e. The smallest absolute Gasteiger partial charge is 0.456 e. The zero-order chi connectivity index (χ0) is 41.8. The molecule has 1 N–H and O–H groups in total. The molecule has 0 saturated carbocycles. The van der Waals surface area contributed by atoms with Gasteiger partial charge < -0.3 is 19.5 Å². The normalized spacial score (nSPS) is 14.0. The first-order valence-electron chi connectivity index (χ1n) is 20.5. The number of alkyl halides is 10. The molecule has 2 unspecified atom stereocenters. The minimum absolute atomic E-state index is 0.0736. The molecule has 0 amide bonds. The van der Waals surface area contributed by atoms with Gasteiger partial charge in [-0.1, -0.05) is 104 Å². The molecule has 16 heteroatoms. The summed E-state index contributed by atoms with van der Waals surface area (Å²) in [5.74, 6) is -12.6. The molecule has 0 aliphatic rings. The number of ether oxygens (including phenoxy) is 2. The van der Waals surface area contributed by atoms with Crippen molar-refractivity contribution in [2.45, 2.75) is 211 Å². The van der Waals surface area contributed by atoms with Gasteiger partial charge in [-0.25, -0.2) is 0 Å². The van der Waals surface area contributed by atoms with E-state index in [1.807, 2.05) is 18.7 Å². The molecular formula is C39H67F10NO5. The SMILES string of the molecule is CCCCCCCCCC(OC(=O)CCCCCN(CCCO)CCCCCC(=O)OC(CCCCCCCCC)C(F)(F)C(F)(F)F)C(F)(F)C(F)(F)F. The van der Waals surface area contributed by atoms with Crippen LogP contribution in [0.25, 0.3) is 0 Å². The summed E-state index contributed by atoms with van der Waals surface area (Å²) in [6.07, 6.45) is -5.83. The van der Waals surface area contributed by atoms with Gasteiger partial charge in [-0.15, -0.1) is 0 Å². The molecule has 0 spiro atoms. The van der Waals surface area contributed by atoms with Crippen molar-refractivity contribution >= 4 is 11.9 Å². The Morgan fingerprint density at radius 3 is 1.11 bits per heavy atom. The highest BCUT2D eigenvalue weighted by molar-refractivity contribution is 5.70. The maximum atomic E-state index is 14.2. The van der Waals surface area contributed by atoms with E-state index < -0.39 is 61.2 Å². The summed E-state index contributed by atoms with van der Waals surface area (Å²) in [6, 6.07) is 0. The quantitative estimate of drug-likeness (QED) is 0.0390. The zero-order valence-electron chi connectivity index (χ0n) is 33.0. The van der Waals surface area contributed by atoms with Gasteiger partial charge in [0.15, 0.2) is 12.2 Å². The first-order chi connectivity index (χ1) is 25.8. The second-order valence-corrected chi connectivity index (χ2v) is 14.6. The van der Waals surface area contributed by atoms with Crippen LogP contribution in [0.5, 0.6) is 0 Å². The molecule has 0 heterocycles. The van der Waals surface area contributed by atoms with E-state index in [-0.39, 0.29) is 45.1 Å². The predicted molar refractivity (Wildman–Crippen MR) is 192 cm³/mol. The zero-order valence-corrected chi connectivity index (χ0v) is 33.0. The molecule has 0 fully saturated rings. The lowest BCUT2D eigenvalue weighted by Gasteiger charge is -2.28. The second-order valence-electron chi connectivity index (χ2n) is 14.6. The van der Waals surface area contributed by atoms with Gasteiger partial charge in [0.2, 0.25) is 0 Å². The molecule has 55 heavy (non-hydrogen) atoms. The summed E-state index contributed by atoms with van der Waals surface area (Å²) in [4.78, 5) is 26.6. The summed E-state index contributed by atoms with van der Waals surface area (Å²) in [5.41, 5.74) is 0. The van der Waals surface area contributed by atoms with Crippen LogP contribution >= 0.6 is 0 Å². The minimum Gasteiger partial charge on any atom is -0.456 e. The Labute approximate surface area is 321 Å². The fraction of sp³-hybridized carbons (Fsp3) is 0.949. The third-order valence-corrected chi connectivity index (χ3v) is 9.59. The van der Waals surface area contributed by atoms with Crippen molar-refractivity contribution in [2.75, 3.05) is 26.2 Å². The highest BCUT2D eigenvalue weighted by Crippen LogP contribution is 2.42. The lowest BCUT2D eigenvalue weighted by Crippen LogP contribution is -2.49. The van der Waals surface area contributed by atoms with Crippen LogP contribution in [0.4, 0.5) is 43.9 Å². The van der Waals surface area contributed by atoms with Crippen LogP contribution < -0.4 is 0 Å². The number of carbonyl (C=O) groups excluding carboxylic acids is 2. The fourth-order valence-electron chi connectivity index (χ4n) is 6.20. The Bertz CT molecular complexity index is 910. The lowest BCUT2D eigenvalue weighted by molar-refractivity contribution is -0.315. The van der Waals surface area contributed by atoms with Crippen molar-refractivity contribution in [1.29, 1.82) is 0 Å². The van der Waals surface area contributed by atoms with Crippen molar-refractivity contribution in [3.8, 4) is 0 Å². The van der Waals surface area contributed by atoms with Gasteiger partial charge in [0, 0.05) is 26.0 Å². The monoisotopic (exact) mass is 819 g/mol. The number of hydrogen-bond acceptors (Lipinski definition) is 6. The van der Waals surface area contributed by atoms with E-state index in [0.29, 0.717) is 77.4 Å². The molecule has 0 aliphatic heterocycles. The van der Waals surface area contributed by atoms with E-state index in [9.17, 15) is 58.6 Å². The number of unbranched alkanes of at least 4 members (excludes halogenated alkanes) is 16. The molecule has 0 saturated heterocycles. The third kappa shape index (κ3) is 23.9. The summed E-state index contributed by atoms with van der Waals surface area (Å²) in [5, 5.41) is 9.26. The average molecular weight is 820 g/mol. The second kappa shape index (κ2) is 29.4. The van der Waals surface area contributed by atoms with E-state index in [1.54, 1.807) is 0 Å². The van der Waals surface area contributed by atoms with E-state index >= 15 is 0 Å². The van der Waals surface area contributed by atoms with Crippen molar-refractivity contribution in [1.82, 2.24) is 4.90 Å². The Balaban J connectivity index is 4.74. The minimum atomic E-state index is -5.86. The van der Waals surface area contributed by atoms with E-state index in [4.69, 9.17) is 0 Å².